The van der Waals surface area contributed by atoms with Crippen LogP contribution in [0.5, 0.6) is 5.75 Å². The average molecular weight is 420 g/mol. The van der Waals surface area contributed by atoms with Crippen LogP contribution in [0, 0.1) is 24.6 Å². The van der Waals surface area contributed by atoms with Gasteiger partial charge in [-0.05, 0) is 38.5 Å². The quantitative estimate of drug-likeness (QED) is 0.748. The molecule has 0 bridgehead atoms. The molecule has 2 aliphatic rings. The minimum Gasteiger partial charge on any atom is -0.492 e. The van der Waals surface area contributed by atoms with E-state index in [1.807, 2.05) is 25.8 Å². The zero-order valence-corrected chi connectivity index (χ0v) is 17.3. The number of hydrogen-bond donors (Lipinski definition) is 1. The number of aryl methyl sites for hydroxylation is 1. The number of nitrogens with zero attached hydrogens (tertiary/aromatic N) is 4. The van der Waals surface area contributed by atoms with Gasteiger partial charge in [-0.3, -0.25) is 4.79 Å². The number of carbonyl (C=O) groups is 1. The summed E-state index contributed by atoms with van der Waals surface area (Å²) in [5.74, 6) is 2.24. The highest BCUT2D eigenvalue weighted by molar-refractivity contribution is 6.29. The largest absolute Gasteiger partial charge is 0.492 e. The maximum atomic E-state index is 13.4. The fourth-order valence-electron chi connectivity index (χ4n) is 3.83. The van der Waals surface area contributed by atoms with Crippen molar-refractivity contribution in [3.8, 4) is 5.75 Å². The number of rotatable bonds is 5. The number of carbonyl (C=O) groups excluding carboxylic acids is 1. The van der Waals surface area contributed by atoms with E-state index >= 15 is 0 Å². The SMILES string of the molecule is Cc1nc(CC2CC(COc3cnc(Cl)c(F)c3)C2)nc2c1NC(=O)[C@H](C)N2C. The fraction of sp³-hybridized carbons (Fsp3) is 0.500. The Hall–Kier alpha value is -2.48. The van der Waals surface area contributed by atoms with Crippen molar-refractivity contribution in [2.24, 2.45) is 11.8 Å². The van der Waals surface area contributed by atoms with Crippen molar-refractivity contribution in [3.05, 3.63) is 34.8 Å². The Morgan fingerprint density at radius 1 is 1.34 bits per heavy atom. The minimum absolute atomic E-state index is 0.0444. The molecule has 1 saturated carbocycles. The summed E-state index contributed by atoms with van der Waals surface area (Å²) in [6, 6.07) is 0.993. The second-order valence-corrected chi connectivity index (χ2v) is 8.22. The molecular weight excluding hydrogens is 397 g/mol. The van der Waals surface area contributed by atoms with Crippen molar-refractivity contribution in [1.29, 1.82) is 0 Å². The predicted molar refractivity (Wildman–Crippen MR) is 108 cm³/mol. The first kappa shape index (κ1) is 19.8. The summed E-state index contributed by atoms with van der Waals surface area (Å²) in [7, 11) is 1.88. The third-order valence-electron chi connectivity index (χ3n) is 5.72. The number of aromatic nitrogens is 3. The van der Waals surface area contributed by atoms with Crippen LogP contribution in [0.2, 0.25) is 5.15 Å². The van der Waals surface area contributed by atoms with Gasteiger partial charge in [0.25, 0.3) is 0 Å². The summed E-state index contributed by atoms with van der Waals surface area (Å²) in [5, 5.41) is 2.75. The van der Waals surface area contributed by atoms with Crippen molar-refractivity contribution in [2.75, 3.05) is 23.9 Å². The number of fused-ring (bicyclic) bond motifs is 1. The Morgan fingerprint density at radius 2 is 2.10 bits per heavy atom. The van der Waals surface area contributed by atoms with Gasteiger partial charge in [0.2, 0.25) is 5.91 Å². The highest BCUT2D eigenvalue weighted by Gasteiger charge is 2.33. The summed E-state index contributed by atoms with van der Waals surface area (Å²) < 4.78 is 19.0. The molecule has 154 valence electrons. The topological polar surface area (TPSA) is 80.2 Å². The second kappa shape index (κ2) is 7.74. The van der Waals surface area contributed by atoms with E-state index in [2.05, 4.69) is 15.3 Å². The number of pyridine rings is 1. The number of amides is 1. The number of likely N-dealkylation sites (N-methyl/N-ethyl adjacent to an activating group) is 1. The molecule has 0 spiro atoms. The fourth-order valence-corrected chi connectivity index (χ4v) is 3.93. The van der Waals surface area contributed by atoms with E-state index in [9.17, 15) is 9.18 Å². The van der Waals surface area contributed by atoms with Gasteiger partial charge in [-0.15, -0.1) is 0 Å². The van der Waals surface area contributed by atoms with Gasteiger partial charge in [0.05, 0.1) is 18.5 Å². The lowest BCUT2D eigenvalue weighted by atomic mass is 9.73. The molecule has 1 N–H and O–H groups in total. The molecule has 7 nitrogen and oxygen atoms in total. The first-order valence-corrected chi connectivity index (χ1v) is 10.0. The zero-order valence-electron chi connectivity index (χ0n) is 16.6. The maximum absolute atomic E-state index is 13.4. The van der Waals surface area contributed by atoms with Crippen molar-refractivity contribution in [3.63, 3.8) is 0 Å². The standard InChI is InChI=1S/C20H23ClFN5O2/c1-10-17-19(27(3)11(2)20(28)26-17)25-16(24-10)6-12-4-13(5-12)9-29-14-7-15(22)18(21)23-8-14/h7-8,11-13H,4-6,9H2,1-3H3,(H,26,28)/t11-,12?,13?/m0/s1. The minimum atomic E-state index is -0.578. The lowest BCUT2D eigenvalue weighted by Gasteiger charge is -2.36. The molecule has 1 aliphatic carbocycles. The van der Waals surface area contributed by atoms with E-state index in [1.54, 1.807) is 0 Å². The monoisotopic (exact) mass is 419 g/mol. The molecule has 2 aromatic heterocycles. The highest BCUT2D eigenvalue weighted by atomic mass is 35.5. The van der Waals surface area contributed by atoms with E-state index in [1.165, 1.54) is 12.3 Å². The van der Waals surface area contributed by atoms with Crippen LogP contribution in [-0.4, -0.2) is 40.6 Å². The molecule has 0 aromatic carbocycles. The van der Waals surface area contributed by atoms with Crippen molar-refractivity contribution >= 4 is 29.0 Å². The summed E-state index contributed by atoms with van der Waals surface area (Å²) in [6.07, 6.45) is 4.23. The molecule has 1 amide bonds. The van der Waals surface area contributed by atoms with Crippen LogP contribution in [0.15, 0.2) is 12.3 Å². The smallest absolute Gasteiger partial charge is 0.246 e. The molecule has 4 rings (SSSR count). The summed E-state index contributed by atoms with van der Waals surface area (Å²) in [5.41, 5.74) is 1.48. The van der Waals surface area contributed by atoms with E-state index in [-0.39, 0.29) is 17.1 Å². The predicted octanol–water partition coefficient (Wildman–Crippen LogP) is 3.40. The van der Waals surface area contributed by atoms with Crippen LogP contribution in [0.1, 0.15) is 31.3 Å². The van der Waals surface area contributed by atoms with E-state index < -0.39 is 5.82 Å². The van der Waals surface area contributed by atoms with Crippen molar-refractivity contribution in [1.82, 2.24) is 15.0 Å². The molecular formula is C20H23ClFN5O2. The molecule has 0 saturated heterocycles. The molecule has 0 unspecified atom stereocenters. The van der Waals surface area contributed by atoms with Gasteiger partial charge in [-0.25, -0.2) is 19.3 Å². The Balaban J connectivity index is 1.33. The number of anilines is 2. The van der Waals surface area contributed by atoms with Crippen LogP contribution in [0.3, 0.4) is 0 Å². The first-order valence-electron chi connectivity index (χ1n) is 9.67. The molecule has 1 aliphatic heterocycles. The number of ether oxygens (including phenoxy) is 1. The number of nitrogens with one attached hydrogen (secondary N) is 1. The Morgan fingerprint density at radius 3 is 2.83 bits per heavy atom. The van der Waals surface area contributed by atoms with Crippen LogP contribution in [0.25, 0.3) is 0 Å². The number of hydrogen-bond acceptors (Lipinski definition) is 6. The van der Waals surface area contributed by atoms with E-state index in [0.717, 1.165) is 36.6 Å². The summed E-state index contributed by atoms with van der Waals surface area (Å²) in [6.45, 7) is 4.27. The van der Waals surface area contributed by atoms with Crippen LogP contribution < -0.4 is 15.0 Å². The van der Waals surface area contributed by atoms with Gasteiger partial charge >= 0.3 is 0 Å². The van der Waals surface area contributed by atoms with Crippen LogP contribution in [0.4, 0.5) is 15.9 Å². The molecule has 0 radical (unpaired) electrons. The van der Waals surface area contributed by atoms with Gasteiger partial charge in [-0.2, -0.15) is 0 Å². The Labute approximate surface area is 173 Å². The lowest BCUT2D eigenvalue weighted by molar-refractivity contribution is -0.117. The second-order valence-electron chi connectivity index (χ2n) is 7.86. The third kappa shape index (κ3) is 3.99. The molecule has 1 atom stereocenters. The normalized spacial score (nSPS) is 23.3. The van der Waals surface area contributed by atoms with Crippen molar-refractivity contribution in [2.45, 2.75) is 39.2 Å². The van der Waals surface area contributed by atoms with Gasteiger partial charge in [0.15, 0.2) is 16.8 Å². The van der Waals surface area contributed by atoms with Gasteiger partial charge in [0.1, 0.15) is 23.3 Å². The summed E-state index contributed by atoms with van der Waals surface area (Å²) >= 11 is 5.58. The first-order chi connectivity index (χ1) is 13.8. The van der Waals surface area contributed by atoms with Crippen LogP contribution >= 0.6 is 11.6 Å². The lowest BCUT2D eigenvalue weighted by Crippen LogP contribution is -2.45. The number of halogens is 2. The maximum Gasteiger partial charge on any atom is 0.246 e. The molecule has 2 aromatic rings. The average Bonchev–Trinajstić information content (AvgIpc) is 2.65. The van der Waals surface area contributed by atoms with Crippen molar-refractivity contribution < 1.29 is 13.9 Å². The highest BCUT2D eigenvalue weighted by Crippen LogP contribution is 2.37. The molecule has 1 fully saturated rings. The Bertz CT molecular complexity index is 951. The van der Waals surface area contributed by atoms with E-state index in [4.69, 9.17) is 21.3 Å². The van der Waals surface area contributed by atoms with Gasteiger partial charge < -0.3 is 15.0 Å². The van der Waals surface area contributed by atoms with Gasteiger partial charge in [-0.1, -0.05) is 11.6 Å². The third-order valence-corrected chi connectivity index (χ3v) is 6.00. The molecule has 9 heteroatoms. The molecule has 3 heterocycles. The Kier molecular flexibility index (Phi) is 5.29. The van der Waals surface area contributed by atoms with E-state index in [0.29, 0.717) is 29.9 Å². The zero-order chi connectivity index (χ0) is 20.7. The molecule has 29 heavy (non-hydrogen) atoms. The van der Waals surface area contributed by atoms with Crippen LogP contribution in [-0.2, 0) is 11.2 Å². The summed E-state index contributed by atoms with van der Waals surface area (Å²) in [4.78, 5) is 27.0. The van der Waals surface area contributed by atoms with Gasteiger partial charge in [0, 0.05) is 19.5 Å².